The summed E-state index contributed by atoms with van der Waals surface area (Å²) in [5.41, 5.74) is 4.69. The van der Waals surface area contributed by atoms with Crippen molar-refractivity contribution >= 4 is 5.91 Å². The first-order valence-corrected chi connectivity index (χ1v) is 5.84. The molecule has 98 valence electrons. The Bertz CT molecular complexity index is 452. The summed E-state index contributed by atoms with van der Waals surface area (Å²) in [5, 5.41) is 0. The first-order chi connectivity index (χ1) is 8.39. The molecule has 18 heavy (non-hydrogen) atoms. The molecule has 0 saturated heterocycles. The van der Waals surface area contributed by atoms with Gasteiger partial charge in [-0.1, -0.05) is 18.2 Å². The number of primary amides is 1. The highest BCUT2D eigenvalue weighted by molar-refractivity contribution is 5.75. The highest BCUT2D eigenvalue weighted by Crippen LogP contribution is 2.47. The highest BCUT2D eigenvalue weighted by Gasteiger charge is 2.40. The van der Waals surface area contributed by atoms with Gasteiger partial charge in [0.15, 0.2) is 0 Å². The van der Waals surface area contributed by atoms with E-state index in [0.29, 0.717) is 0 Å². The Labute approximate surface area is 103 Å². The minimum absolute atomic E-state index is 0.0161. The zero-order valence-electron chi connectivity index (χ0n) is 9.70. The van der Waals surface area contributed by atoms with E-state index in [0.717, 1.165) is 18.9 Å². The first-order valence-electron chi connectivity index (χ1n) is 5.84. The Morgan fingerprint density at radius 1 is 1.33 bits per heavy atom. The van der Waals surface area contributed by atoms with E-state index in [-0.39, 0.29) is 17.9 Å². The molecule has 0 bridgehead atoms. The Kier molecular flexibility index (Phi) is 3.32. The Hall–Kier alpha value is -1.52. The summed E-state index contributed by atoms with van der Waals surface area (Å²) in [5.74, 6) is -0.801. The van der Waals surface area contributed by atoms with Crippen molar-refractivity contribution in [1.29, 1.82) is 0 Å². The Morgan fingerprint density at radius 2 is 1.94 bits per heavy atom. The lowest BCUT2D eigenvalue weighted by atomic mass is 9.87. The van der Waals surface area contributed by atoms with Crippen molar-refractivity contribution in [3.05, 3.63) is 35.4 Å². The third kappa shape index (κ3) is 2.83. The van der Waals surface area contributed by atoms with Gasteiger partial charge < -0.3 is 5.73 Å². The fraction of sp³-hybridized carbons (Fsp3) is 0.462. The van der Waals surface area contributed by atoms with Crippen LogP contribution in [0.15, 0.2) is 24.3 Å². The number of amides is 1. The lowest BCUT2D eigenvalue weighted by Gasteiger charge is -2.20. The van der Waals surface area contributed by atoms with E-state index >= 15 is 0 Å². The molecule has 0 radical (unpaired) electrons. The van der Waals surface area contributed by atoms with Gasteiger partial charge >= 0.3 is 6.18 Å². The summed E-state index contributed by atoms with van der Waals surface area (Å²) in [6.07, 6.45) is -2.67. The number of hydrogen-bond acceptors (Lipinski definition) is 1. The summed E-state index contributed by atoms with van der Waals surface area (Å²) < 4.78 is 38.7. The van der Waals surface area contributed by atoms with Crippen molar-refractivity contribution in [2.24, 2.45) is 11.7 Å². The van der Waals surface area contributed by atoms with Gasteiger partial charge in [0.2, 0.25) is 5.91 Å². The molecule has 5 heteroatoms. The van der Waals surface area contributed by atoms with Crippen molar-refractivity contribution in [2.45, 2.75) is 31.4 Å². The summed E-state index contributed by atoms with van der Waals surface area (Å²) in [4.78, 5) is 11.0. The van der Waals surface area contributed by atoms with Crippen LogP contribution < -0.4 is 5.73 Å². The number of hydrogen-bond donors (Lipinski definition) is 1. The first kappa shape index (κ1) is 12.9. The molecule has 1 aliphatic rings. The van der Waals surface area contributed by atoms with E-state index in [1.165, 1.54) is 12.1 Å². The molecule has 1 aliphatic carbocycles. The molecule has 1 aromatic rings. The average Bonchev–Trinajstić information content (AvgIpc) is 3.08. The number of benzene rings is 1. The van der Waals surface area contributed by atoms with Crippen LogP contribution in [0.3, 0.4) is 0 Å². The van der Waals surface area contributed by atoms with Crippen molar-refractivity contribution in [3.8, 4) is 0 Å². The van der Waals surface area contributed by atoms with E-state index in [9.17, 15) is 18.0 Å². The van der Waals surface area contributed by atoms with Crippen LogP contribution in [0.1, 0.15) is 36.3 Å². The number of carbonyl (C=O) groups is 1. The van der Waals surface area contributed by atoms with Gasteiger partial charge in [0.05, 0.1) is 5.56 Å². The predicted molar refractivity (Wildman–Crippen MR) is 60.7 cm³/mol. The lowest BCUT2D eigenvalue weighted by Crippen LogP contribution is -2.19. The summed E-state index contributed by atoms with van der Waals surface area (Å²) >= 11 is 0. The van der Waals surface area contributed by atoms with Crippen molar-refractivity contribution in [2.75, 3.05) is 0 Å². The van der Waals surface area contributed by atoms with Crippen LogP contribution in [0.5, 0.6) is 0 Å². The van der Waals surface area contributed by atoms with Crippen molar-refractivity contribution < 1.29 is 18.0 Å². The van der Waals surface area contributed by atoms with E-state index < -0.39 is 23.6 Å². The Balaban J connectivity index is 2.38. The minimum atomic E-state index is -4.39. The van der Waals surface area contributed by atoms with Crippen LogP contribution >= 0.6 is 0 Å². The molecular weight excluding hydrogens is 243 g/mol. The van der Waals surface area contributed by atoms with Gasteiger partial charge in [-0.25, -0.2) is 0 Å². The van der Waals surface area contributed by atoms with E-state index in [4.69, 9.17) is 5.73 Å². The zero-order valence-corrected chi connectivity index (χ0v) is 9.70. The summed E-state index contributed by atoms with van der Waals surface area (Å²) in [6.45, 7) is 0. The molecule has 1 aromatic carbocycles. The van der Waals surface area contributed by atoms with Crippen LogP contribution in [-0.4, -0.2) is 5.91 Å². The number of nitrogens with two attached hydrogens (primary N) is 1. The van der Waals surface area contributed by atoms with Crippen LogP contribution in [0.4, 0.5) is 13.2 Å². The molecule has 0 heterocycles. The fourth-order valence-electron chi connectivity index (χ4n) is 2.32. The predicted octanol–water partition coefficient (Wildman–Crippen LogP) is 3.07. The number of alkyl halides is 3. The highest BCUT2D eigenvalue weighted by atomic mass is 19.4. The molecular formula is C13H14F3NO. The van der Waals surface area contributed by atoms with Crippen LogP contribution in [0.25, 0.3) is 0 Å². The standard InChI is InChI=1S/C13H14F3NO/c14-13(15,16)11-4-2-1-3-9(11)10(7-12(17)18)8-5-6-8/h1-4,8,10H,5-7H2,(H2,17,18). The Morgan fingerprint density at radius 3 is 2.44 bits per heavy atom. The molecule has 0 aromatic heterocycles. The quantitative estimate of drug-likeness (QED) is 0.885. The van der Waals surface area contributed by atoms with Gasteiger partial charge in [-0.3, -0.25) is 4.79 Å². The largest absolute Gasteiger partial charge is 0.416 e. The van der Waals surface area contributed by atoms with Crippen LogP contribution in [0.2, 0.25) is 0 Å². The molecule has 1 saturated carbocycles. The molecule has 0 aliphatic heterocycles. The third-order valence-electron chi connectivity index (χ3n) is 3.28. The van der Waals surface area contributed by atoms with E-state index in [1.54, 1.807) is 6.07 Å². The number of rotatable bonds is 4. The smallest absolute Gasteiger partial charge is 0.370 e. The zero-order chi connectivity index (χ0) is 13.3. The fourth-order valence-corrected chi connectivity index (χ4v) is 2.32. The lowest BCUT2D eigenvalue weighted by molar-refractivity contribution is -0.138. The third-order valence-corrected chi connectivity index (χ3v) is 3.28. The minimum Gasteiger partial charge on any atom is -0.370 e. The summed E-state index contributed by atoms with van der Waals surface area (Å²) in [6, 6.07) is 5.45. The molecule has 2 N–H and O–H groups in total. The van der Waals surface area contributed by atoms with E-state index in [1.807, 2.05) is 0 Å². The summed E-state index contributed by atoms with van der Waals surface area (Å²) in [7, 11) is 0. The maximum absolute atomic E-state index is 12.9. The monoisotopic (exact) mass is 257 g/mol. The van der Waals surface area contributed by atoms with Gasteiger partial charge in [0.1, 0.15) is 0 Å². The maximum atomic E-state index is 12.9. The molecule has 1 fully saturated rings. The normalized spacial score (nSPS) is 17.5. The molecule has 2 rings (SSSR count). The SMILES string of the molecule is NC(=O)CC(c1ccccc1C(F)(F)F)C1CC1. The van der Waals surface area contributed by atoms with Gasteiger partial charge in [0.25, 0.3) is 0 Å². The molecule has 1 atom stereocenters. The van der Waals surface area contributed by atoms with Crippen molar-refractivity contribution in [1.82, 2.24) is 0 Å². The van der Waals surface area contributed by atoms with Crippen LogP contribution in [-0.2, 0) is 11.0 Å². The van der Waals surface area contributed by atoms with Crippen LogP contribution in [0, 0.1) is 5.92 Å². The van der Waals surface area contributed by atoms with E-state index in [2.05, 4.69) is 0 Å². The second-order valence-corrected chi connectivity index (χ2v) is 4.70. The second kappa shape index (κ2) is 4.63. The number of halogens is 3. The van der Waals surface area contributed by atoms with Crippen molar-refractivity contribution in [3.63, 3.8) is 0 Å². The topological polar surface area (TPSA) is 43.1 Å². The van der Waals surface area contributed by atoms with Gasteiger partial charge in [-0.2, -0.15) is 13.2 Å². The second-order valence-electron chi connectivity index (χ2n) is 4.70. The van der Waals surface area contributed by atoms with Gasteiger partial charge in [-0.15, -0.1) is 0 Å². The molecule has 2 nitrogen and oxygen atoms in total. The molecule has 1 amide bonds. The average molecular weight is 257 g/mol. The van der Waals surface area contributed by atoms with Gasteiger partial charge in [0, 0.05) is 6.42 Å². The molecule has 1 unspecified atom stereocenters. The molecule has 0 spiro atoms. The van der Waals surface area contributed by atoms with Gasteiger partial charge in [-0.05, 0) is 36.3 Å². The number of carbonyl (C=O) groups excluding carboxylic acids is 1. The maximum Gasteiger partial charge on any atom is 0.416 e.